The molecule has 1 amide bonds. The molecule has 1 heterocycles. The second-order valence-corrected chi connectivity index (χ2v) is 18.7. The van der Waals surface area contributed by atoms with Crippen molar-refractivity contribution in [2.75, 3.05) is 13.7 Å². The number of amides is 1. The Hall–Kier alpha value is -0.456. The number of carbonyl (C=O) groups is 1. The van der Waals surface area contributed by atoms with Gasteiger partial charge in [-0.25, -0.2) is 4.79 Å². The summed E-state index contributed by atoms with van der Waals surface area (Å²) in [6.07, 6.45) is -0.969. The Bertz CT molecular complexity index is 555. The Balaban J connectivity index is 2.54. The summed E-state index contributed by atoms with van der Waals surface area (Å²) < 4.78 is 26.7. The monoisotopic (exact) mass is 447 g/mol. The number of ether oxygens (including phenoxy) is 1. The van der Waals surface area contributed by atoms with E-state index >= 15 is 0 Å². The predicted octanol–water partition coefficient (Wildman–Crippen LogP) is 4.61. The molecule has 29 heavy (non-hydrogen) atoms. The van der Waals surface area contributed by atoms with Gasteiger partial charge in [0.1, 0.15) is 6.10 Å². The van der Waals surface area contributed by atoms with Crippen molar-refractivity contribution < 1.29 is 27.6 Å². The van der Waals surface area contributed by atoms with E-state index in [2.05, 4.69) is 60.7 Å². The van der Waals surface area contributed by atoms with Crippen molar-refractivity contribution in [2.24, 2.45) is 5.92 Å². The average Bonchev–Trinajstić information content (AvgIpc) is 2.88. The van der Waals surface area contributed by atoms with E-state index in [0.717, 1.165) is 0 Å². The first-order valence-electron chi connectivity index (χ1n) is 10.9. The van der Waals surface area contributed by atoms with Crippen molar-refractivity contribution in [3.05, 3.63) is 0 Å². The summed E-state index contributed by atoms with van der Waals surface area (Å²) in [6.45, 7) is 18.1. The van der Waals surface area contributed by atoms with Gasteiger partial charge in [0, 0.05) is 19.6 Å². The van der Waals surface area contributed by atoms with E-state index < -0.39 is 23.2 Å². The standard InChI is InChI=1S/C20H41NO6Si2/c1-12(2)28(13(3)4)25-11-16-10-17(21-20(22)23)19(24-9)18(16)26-29(27-28,14(5)6)15(7)8/h12-19,21H,10-11H2,1-9H3,(H,22,23)/t16-,17-,18-,19+/m1/s1. The lowest BCUT2D eigenvalue weighted by atomic mass is 10.1. The highest BCUT2D eigenvalue weighted by Gasteiger charge is 2.61. The van der Waals surface area contributed by atoms with Gasteiger partial charge in [0.2, 0.25) is 0 Å². The molecule has 2 aliphatic rings. The average molecular weight is 448 g/mol. The molecule has 7 nitrogen and oxygen atoms in total. The van der Waals surface area contributed by atoms with E-state index in [-0.39, 0.29) is 35.3 Å². The Labute approximate surface area is 178 Å². The number of fused-ring (bicyclic) bond motifs is 1. The van der Waals surface area contributed by atoms with Crippen LogP contribution in [0.3, 0.4) is 0 Å². The Morgan fingerprint density at radius 2 is 1.52 bits per heavy atom. The summed E-state index contributed by atoms with van der Waals surface area (Å²) in [5, 5.41) is 11.9. The number of methoxy groups -OCH3 is 1. The summed E-state index contributed by atoms with van der Waals surface area (Å²) in [6, 6.07) is -0.311. The predicted molar refractivity (Wildman–Crippen MR) is 118 cm³/mol. The molecule has 0 unspecified atom stereocenters. The highest BCUT2D eigenvalue weighted by Crippen LogP contribution is 2.48. The van der Waals surface area contributed by atoms with Crippen LogP contribution in [0.5, 0.6) is 0 Å². The van der Waals surface area contributed by atoms with Crippen molar-refractivity contribution in [1.82, 2.24) is 5.32 Å². The van der Waals surface area contributed by atoms with Crippen molar-refractivity contribution in [1.29, 1.82) is 0 Å². The van der Waals surface area contributed by atoms with Gasteiger partial charge >= 0.3 is 23.2 Å². The summed E-state index contributed by atoms with van der Waals surface area (Å²) >= 11 is 0. The molecule has 0 spiro atoms. The maximum atomic E-state index is 11.3. The molecule has 4 atom stereocenters. The molecule has 1 aliphatic carbocycles. The second-order valence-electron chi connectivity index (χ2n) is 9.81. The molecule has 0 radical (unpaired) electrons. The maximum absolute atomic E-state index is 11.3. The number of nitrogens with one attached hydrogen (secondary N) is 1. The Kier molecular flexibility index (Phi) is 8.00. The summed E-state index contributed by atoms with van der Waals surface area (Å²) in [5.74, 6) is 0.0782. The molecule has 1 saturated heterocycles. The van der Waals surface area contributed by atoms with Gasteiger partial charge in [-0.3, -0.25) is 0 Å². The van der Waals surface area contributed by atoms with E-state index in [0.29, 0.717) is 24.1 Å². The van der Waals surface area contributed by atoms with E-state index in [1.807, 2.05) is 0 Å². The molecule has 1 saturated carbocycles. The fraction of sp³-hybridized carbons (Fsp3) is 0.950. The fourth-order valence-corrected chi connectivity index (χ4v) is 16.5. The first kappa shape index (κ1) is 24.8. The summed E-state index contributed by atoms with van der Waals surface area (Å²) in [7, 11) is -3.65. The van der Waals surface area contributed by atoms with Gasteiger partial charge in [-0.1, -0.05) is 55.4 Å². The van der Waals surface area contributed by atoms with Crippen LogP contribution >= 0.6 is 0 Å². The van der Waals surface area contributed by atoms with Crippen molar-refractivity contribution in [3.8, 4) is 0 Å². The van der Waals surface area contributed by atoms with Crippen LogP contribution in [-0.2, 0) is 17.7 Å². The normalized spacial score (nSPS) is 31.8. The second kappa shape index (κ2) is 9.36. The van der Waals surface area contributed by atoms with Crippen LogP contribution in [0.1, 0.15) is 61.8 Å². The van der Waals surface area contributed by atoms with Crippen LogP contribution in [0.2, 0.25) is 22.2 Å². The van der Waals surface area contributed by atoms with Crippen molar-refractivity contribution in [3.63, 3.8) is 0 Å². The zero-order valence-corrected chi connectivity index (χ0v) is 21.5. The molecular weight excluding hydrogens is 406 g/mol. The van der Waals surface area contributed by atoms with Gasteiger partial charge in [0.25, 0.3) is 0 Å². The molecule has 170 valence electrons. The molecule has 0 aromatic rings. The number of hydrogen-bond acceptors (Lipinski definition) is 5. The third kappa shape index (κ3) is 4.59. The first-order valence-corrected chi connectivity index (χ1v) is 14.9. The Morgan fingerprint density at radius 3 is 1.93 bits per heavy atom. The largest absolute Gasteiger partial charge is 0.465 e. The zero-order valence-electron chi connectivity index (χ0n) is 19.5. The van der Waals surface area contributed by atoms with Crippen LogP contribution in [0.15, 0.2) is 0 Å². The quantitative estimate of drug-likeness (QED) is 0.578. The minimum Gasteiger partial charge on any atom is -0.465 e. The minimum atomic E-state index is -2.71. The van der Waals surface area contributed by atoms with Gasteiger partial charge in [-0.05, 0) is 28.6 Å². The van der Waals surface area contributed by atoms with E-state index in [4.69, 9.17) is 17.7 Å². The number of carboxylic acid groups (broad SMARTS) is 1. The van der Waals surface area contributed by atoms with E-state index in [1.165, 1.54) is 0 Å². The Morgan fingerprint density at radius 1 is 1.00 bits per heavy atom. The minimum absolute atomic E-state index is 0.0782. The van der Waals surface area contributed by atoms with Crippen LogP contribution in [0, 0.1) is 5.92 Å². The van der Waals surface area contributed by atoms with Crippen LogP contribution in [-0.4, -0.2) is 60.3 Å². The summed E-state index contributed by atoms with van der Waals surface area (Å²) in [5.41, 5.74) is 1.05. The van der Waals surface area contributed by atoms with E-state index in [1.54, 1.807) is 7.11 Å². The van der Waals surface area contributed by atoms with Crippen molar-refractivity contribution in [2.45, 2.75) is 102 Å². The van der Waals surface area contributed by atoms with Gasteiger partial charge in [0.15, 0.2) is 0 Å². The molecular formula is C20H41NO6Si2. The van der Waals surface area contributed by atoms with Crippen LogP contribution < -0.4 is 5.32 Å². The van der Waals surface area contributed by atoms with E-state index in [9.17, 15) is 9.90 Å². The lowest BCUT2D eigenvalue weighted by molar-refractivity contribution is -0.0396. The molecule has 2 fully saturated rings. The van der Waals surface area contributed by atoms with Gasteiger partial charge in [-0.2, -0.15) is 0 Å². The molecule has 0 bridgehead atoms. The fourth-order valence-electron chi connectivity index (χ4n) is 5.18. The van der Waals surface area contributed by atoms with Crippen molar-refractivity contribution >= 4 is 23.2 Å². The summed E-state index contributed by atoms with van der Waals surface area (Å²) in [4.78, 5) is 11.3. The molecule has 2 N–H and O–H groups in total. The lowest BCUT2D eigenvalue weighted by Crippen LogP contribution is -2.65. The van der Waals surface area contributed by atoms with Crippen LogP contribution in [0.4, 0.5) is 4.79 Å². The zero-order chi connectivity index (χ0) is 22.1. The number of rotatable bonds is 6. The van der Waals surface area contributed by atoms with Crippen LogP contribution in [0.25, 0.3) is 0 Å². The van der Waals surface area contributed by atoms with Gasteiger partial charge < -0.3 is 28.1 Å². The third-order valence-electron chi connectivity index (χ3n) is 6.70. The van der Waals surface area contributed by atoms with Gasteiger partial charge in [-0.15, -0.1) is 0 Å². The SMILES string of the molecule is CO[C@@H]1[C@@H]2O[Si](C(C)C)(C(C)C)O[Si](C(C)C)(C(C)C)OC[C@H]2C[C@H]1NC(=O)O. The molecule has 0 aromatic carbocycles. The lowest BCUT2D eigenvalue weighted by Gasteiger charge is -2.52. The topological polar surface area (TPSA) is 86.3 Å². The van der Waals surface area contributed by atoms with Gasteiger partial charge in [0.05, 0.1) is 12.1 Å². The molecule has 0 aromatic heterocycles. The smallest absolute Gasteiger partial charge is 0.404 e. The third-order valence-corrected chi connectivity index (χ3v) is 17.0. The number of hydrogen-bond donors (Lipinski definition) is 2. The molecule has 9 heteroatoms. The molecule has 2 rings (SSSR count). The highest BCUT2D eigenvalue weighted by atomic mass is 28.5. The molecule has 1 aliphatic heterocycles. The highest BCUT2D eigenvalue weighted by molar-refractivity contribution is 6.83. The first-order chi connectivity index (χ1) is 13.4. The maximum Gasteiger partial charge on any atom is 0.404 e.